The minimum Gasteiger partial charge on any atom is -0.451 e. The van der Waals surface area contributed by atoms with Crippen molar-refractivity contribution in [2.45, 2.75) is 0 Å². The van der Waals surface area contributed by atoms with Crippen molar-refractivity contribution in [3.63, 3.8) is 0 Å². The summed E-state index contributed by atoms with van der Waals surface area (Å²) in [5.41, 5.74) is 1.89. The van der Waals surface area contributed by atoms with Crippen LogP contribution < -0.4 is 0 Å². The van der Waals surface area contributed by atoms with E-state index in [-0.39, 0.29) is 11.6 Å². The minimum absolute atomic E-state index is 0.145. The molecule has 3 aromatic carbocycles. The number of hydrogen-bond acceptors (Lipinski definition) is 5. The summed E-state index contributed by atoms with van der Waals surface area (Å²) in [6, 6.07) is 23.1. The van der Waals surface area contributed by atoms with Gasteiger partial charge in [0, 0.05) is 20.6 Å². The first-order chi connectivity index (χ1) is 15.0. The third-order valence-corrected chi connectivity index (χ3v) is 5.17. The maximum Gasteiger partial charge on any atom is 0.378 e. The molecular weight excluding hydrogens is 482 g/mol. The number of hydrogen-bond donors (Lipinski definition) is 0. The highest BCUT2D eigenvalue weighted by molar-refractivity contribution is 9.10. The average molecular weight is 497 g/mol. The van der Waals surface area contributed by atoms with E-state index in [9.17, 15) is 9.59 Å². The largest absolute Gasteiger partial charge is 0.451 e. The van der Waals surface area contributed by atoms with Crippen molar-refractivity contribution in [2.24, 2.45) is 0 Å². The number of esters is 1. The van der Waals surface area contributed by atoms with Gasteiger partial charge in [0.25, 0.3) is 5.82 Å². The molecule has 0 spiro atoms. The van der Waals surface area contributed by atoms with E-state index in [2.05, 4.69) is 26.0 Å². The molecular formula is C23H15BrClN3O3. The maximum absolute atomic E-state index is 12.6. The molecule has 0 aliphatic rings. The Morgan fingerprint density at radius 2 is 1.61 bits per heavy atom. The normalized spacial score (nSPS) is 10.6. The number of Topliss-reactive ketones (excluding diaryl/α,β-unsaturated/α-hetero) is 1. The molecule has 4 aromatic rings. The third-order valence-electron chi connectivity index (χ3n) is 4.39. The van der Waals surface area contributed by atoms with Gasteiger partial charge >= 0.3 is 5.97 Å². The van der Waals surface area contributed by atoms with Crippen molar-refractivity contribution in [1.29, 1.82) is 0 Å². The number of carbonyl (C=O) groups is 2. The lowest BCUT2D eigenvalue weighted by Gasteiger charge is -2.06. The fourth-order valence-electron chi connectivity index (χ4n) is 2.85. The molecule has 4 rings (SSSR count). The van der Waals surface area contributed by atoms with Gasteiger partial charge in [-0.05, 0) is 36.4 Å². The van der Waals surface area contributed by atoms with Crippen LogP contribution in [0.5, 0.6) is 0 Å². The van der Waals surface area contributed by atoms with E-state index in [1.54, 1.807) is 54.6 Å². The summed E-state index contributed by atoms with van der Waals surface area (Å²) < 4.78 is 7.61. The SMILES string of the molecule is O=C(COC(=O)c1nc(-c2ccc(Br)cc2)n(-c2ccc(Cl)cc2)n1)c1ccccc1. The van der Waals surface area contributed by atoms with E-state index in [0.717, 1.165) is 10.0 Å². The Bertz CT molecular complexity index is 1160. The van der Waals surface area contributed by atoms with Crippen LogP contribution in [-0.2, 0) is 4.74 Å². The van der Waals surface area contributed by atoms with E-state index in [4.69, 9.17) is 16.3 Å². The highest BCUT2D eigenvalue weighted by Gasteiger charge is 2.21. The van der Waals surface area contributed by atoms with Gasteiger partial charge in [0.15, 0.2) is 18.2 Å². The standard InChI is InChI=1S/C23H15BrClN3O3/c24-17-8-6-16(7-9-17)22-26-21(27-28(22)19-12-10-18(25)11-13-19)23(30)31-14-20(29)15-4-2-1-3-5-15/h1-13H,14H2. The summed E-state index contributed by atoms with van der Waals surface area (Å²) in [7, 11) is 0. The fraction of sp³-hybridized carbons (Fsp3) is 0.0435. The Morgan fingerprint density at radius 3 is 2.29 bits per heavy atom. The van der Waals surface area contributed by atoms with Crippen molar-refractivity contribution in [3.8, 4) is 17.1 Å². The molecule has 0 fully saturated rings. The molecule has 0 aliphatic carbocycles. The highest BCUT2D eigenvalue weighted by Crippen LogP contribution is 2.24. The molecule has 0 saturated carbocycles. The zero-order chi connectivity index (χ0) is 21.8. The number of carbonyl (C=O) groups excluding carboxylic acids is 2. The predicted molar refractivity (Wildman–Crippen MR) is 121 cm³/mol. The summed E-state index contributed by atoms with van der Waals surface area (Å²) in [4.78, 5) is 29.2. The van der Waals surface area contributed by atoms with E-state index in [0.29, 0.717) is 22.1 Å². The first-order valence-electron chi connectivity index (χ1n) is 9.25. The Kier molecular flexibility index (Phi) is 6.25. The van der Waals surface area contributed by atoms with Crippen LogP contribution >= 0.6 is 27.5 Å². The Balaban J connectivity index is 1.62. The van der Waals surface area contributed by atoms with Crippen molar-refractivity contribution in [3.05, 3.63) is 99.7 Å². The average Bonchev–Trinajstić information content (AvgIpc) is 3.24. The molecule has 0 aliphatic heterocycles. The molecule has 1 heterocycles. The molecule has 1 aromatic heterocycles. The van der Waals surface area contributed by atoms with E-state index >= 15 is 0 Å². The van der Waals surface area contributed by atoms with Gasteiger partial charge in [-0.2, -0.15) is 0 Å². The third kappa shape index (κ3) is 4.90. The van der Waals surface area contributed by atoms with E-state index < -0.39 is 12.6 Å². The fourth-order valence-corrected chi connectivity index (χ4v) is 3.24. The molecule has 154 valence electrons. The molecule has 8 heteroatoms. The van der Waals surface area contributed by atoms with Gasteiger partial charge in [0.05, 0.1) is 5.69 Å². The van der Waals surface area contributed by atoms with Crippen LogP contribution in [0, 0.1) is 0 Å². The van der Waals surface area contributed by atoms with Gasteiger partial charge in [-0.15, -0.1) is 5.10 Å². The molecule has 0 amide bonds. The number of nitrogens with zero attached hydrogens (tertiary/aromatic N) is 3. The first kappa shape index (κ1) is 21.0. The van der Waals surface area contributed by atoms with Crippen LogP contribution in [0.1, 0.15) is 21.0 Å². The summed E-state index contributed by atoms with van der Waals surface area (Å²) in [5.74, 6) is -0.778. The molecule has 0 unspecified atom stereocenters. The van der Waals surface area contributed by atoms with Crippen LogP contribution in [0.3, 0.4) is 0 Å². The second-order valence-corrected chi connectivity index (χ2v) is 7.87. The molecule has 0 N–H and O–H groups in total. The number of ketones is 1. The van der Waals surface area contributed by atoms with Gasteiger partial charge in [-0.25, -0.2) is 14.5 Å². The van der Waals surface area contributed by atoms with Crippen molar-refractivity contribution < 1.29 is 14.3 Å². The van der Waals surface area contributed by atoms with Crippen LogP contribution in [0.4, 0.5) is 0 Å². The molecule has 0 bridgehead atoms. The zero-order valence-corrected chi connectivity index (χ0v) is 18.4. The van der Waals surface area contributed by atoms with Crippen molar-refractivity contribution in [1.82, 2.24) is 14.8 Å². The van der Waals surface area contributed by atoms with E-state index in [1.165, 1.54) is 4.68 Å². The molecule has 0 saturated heterocycles. The number of benzene rings is 3. The van der Waals surface area contributed by atoms with Gasteiger partial charge in [-0.1, -0.05) is 70.0 Å². The van der Waals surface area contributed by atoms with Crippen LogP contribution in [0.2, 0.25) is 5.02 Å². The number of halogens is 2. The van der Waals surface area contributed by atoms with Crippen LogP contribution in [0.15, 0.2) is 83.3 Å². The summed E-state index contributed by atoms with van der Waals surface area (Å²) in [5, 5.41) is 4.90. The van der Waals surface area contributed by atoms with E-state index in [1.807, 2.05) is 24.3 Å². The van der Waals surface area contributed by atoms with Gasteiger partial charge in [0.1, 0.15) is 0 Å². The Labute approximate surface area is 191 Å². The smallest absolute Gasteiger partial charge is 0.378 e. The monoisotopic (exact) mass is 495 g/mol. The number of rotatable bonds is 6. The lowest BCUT2D eigenvalue weighted by molar-refractivity contribution is 0.0462. The van der Waals surface area contributed by atoms with Crippen LogP contribution in [0.25, 0.3) is 17.1 Å². The quantitative estimate of drug-likeness (QED) is 0.264. The summed E-state index contributed by atoms with van der Waals surface area (Å²) in [6.07, 6.45) is 0. The van der Waals surface area contributed by atoms with Crippen molar-refractivity contribution >= 4 is 39.3 Å². The van der Waals surface area contributed by atoms with Gasteiger partial charge in [-0.3, -0.25) is 4.79 Å². The molecule has 31 heavy (non-hydrogen) atoms. The second kappa shape index (κ2) is 9.24. The number of aromatic nitrogens is 3. The lowest BCUT2D eigenvalue weighted by atomic mass is 10.1. The molecule has 0 radical (unpaired) electrons. The molecule has 6 nitrogen and oxygen atoms in total. The van der Waals surface area contributed by atoms with Gasteiger partial charge < -0.3 is 4.74 Å². The first-order valence-corrected chi connectivity index (χ1v) is 10.4. The Hall–Kier alpha value is -3.29. The maximum atomic E-state index is 12.6. The number of ether oxygens (including phenoxy) is 1. The van der Waals surface area contributed by atoms with Crippen LogP contribution in [-0.4, -0.2) is 33.1 Å². The predicted octanol–water partition coefficient (Wildman–Crippen LogP) is 5.39. The van der Waals surface area contributed by atoms with Gasteiger partial charge in [0.2, 0.25) is 0 Å². The Morgan fingerprint density at radius 1 is 0.935 bits per heavy atom. The van der Waals surface area contributed by atoms with Crippen molar-refractivity contribution in [2.75, 3.05) is 6.61 Å². The zero-order valence-electron chi connectivity index (χ0n) is 16.0. The second-order valence-electron chi connectivity index (χ2n) is 6.52. The molecule has 0 atom stereocenters. The topological polar surface area (TPSA) is 74.1 Å². The lowest BCUT2D eigenvalue weighted by Crippen LogP contribution is -2.15. The summed E-state index contributed by atoms with van der Waals surface area (Å²) in [6.45, 7) is -0.397. The highest BCUT2D eigenvalue weighted by atomic mass is 79.9. The minimum atomic E-state index is -0.782. The summed E-state index contributed by atoms with van der Waals surface area (Å²) >= 11 is 9.40.